The molecule has 1 aromatic heterocycles. The molecule has 0 saturated carbocycles. The summed E-state index contributed by atoms with van der Waals surface area (Å²) in [6.45, 7) is 4.20. The van der Waals surface area contributed by atoms with Crippen molar-refractivity contribution in [3.8, 4) is 0 Å². The van der Waals surface area contributed by atoms with Crippen LogP contribution in [0.25, 0.3) is 0 Å². The minimum atomic E-state index is -0.0547. The molecule has 19 heavy (non-hydrogen) atoms. The fourth-order valence-corrected chi connectivity index (χ4v) is 3.07. The van der Waals surface area contributed by atoms with Gasteiger partial charge in [-0.05, 0) is 30.0 Å². The number of benzene rings is 1. The summed E-state index contributed by atoms with van der Waals surface area (Å²) in [7, 11) is 0. The van der Waals surface area contributed by atoms with Gasteiger partial charge in [0.25, 0.3) is 5.91 Å². The number of carbonyl (C=O) groups is 1. The second-order valence-corrected chi connectivity index (χ2v) is 5.71. The van der Waals surface area contributed by atoms with Gasteiger partial charge >= 0.3 is 0 Å². The molecule has 1 amide bonds. The molecule has 0 aliphatic rings. The summed E-state index contributed by atoms with van der Waals surface area (Å²) >= 11 is 5.65. The molecule has 0 aliphatic carbocycles. The molecule has 4 heteroatoms. The van der Waals surface area contributed by atoms with E-state index >= 15 is 0 Å². The number of para-hydroxylation sites is 1. The van der Waals surface area contributed by atoms with Crippen molar-refractivity contribution in [1.29, 1.82) is 0 Å². The van der Waals surface area contributed by atoms with Gasteiger partial charge in [-0.15, -0.1) is 24.0 Å². The topological polar surface area (TPSA) is 29.1 Å². The third-order valence-electron chi connectivity index (χ3n) is 3.05. The molecule has 2 aromatic rings. The maximum Gasteiger partial charge on any atom is 0.265 e. The van der Waals surface area contributed by atoms with Crippen LogP contribution in [0.15, 0.2) is 34.5 Å². The number of rotatable bonds is 4. The Morgan fingerprint density at radius 1 is 1.26 bits per heavy atom. The van der Waals surface area contributed by atoms with Crippen LogP contribution in [0.5, 0.6) is 0 Å². The Kier molecular flexibility index (Phi) is 4.66. The van der Waals surface area contributed by atoms with E-state index in [1.165, 1.54) is 22.5 Å². The summed E-state index contributed by atoms with van der Waals surface area (Å²) in [6, 6.07) is 7.97. The largest absolute Gasteiger partial charge is 0.321 e. The molecule has 1 aromatic carbocycles. The van der Waals surface area contributed by atoms with Crippen LogP contribution in [0, 0.1) is 0 Å². The number of carbonyl (C=O) groups excluding carboxylic acids is 1. The number of thiol groups is 1. The highest BCUT2D eigenvalue weighted by atomic mass is 32.1. The zero-order valence-electron chi connectivity index (χ0n) is 11.1. The predicted octanol–water partition coefficient (Wildman–Crippen LogP) is 4.41. The van der Waals surface area contributed by atoms with Crippen molar-refractivity contribution in [3.05, 3.63) is 45.6 Å². The summed E-state index contributed by atoms with van der Waals surface area (Å²) in [5.74, 6) is -0.0547. The Morgan fingerprint density at radius 3 is 2.37 bits per heavy atom. The van der Waals surface area contributed by atoms with Gasteiger partial charge in [0.2, 0.25) is 0 Å². The van der Waals surface area contributed by atoms with Crippen LogP contribution < -0.4 is 5.32 Å². The summed E-state index contributed by atoms with van der Waals surface area (Å²) in [5, 5.41) is 4.91. The normalized spacial score (nSPS) is 10.5. The molecule has 0 fully saturated rings. The molecule has 0 aliphatic heterocycles. The number of nitrogens with one attached hydrogen (secondary N) is 1. The molecule has 0 unspecified atom stereocenters. The standard InChI is InChI=1S/C15H17NOS2/c1-3-10-6-5-7-11(4-2)14(10)16-15(17)13-8-12(18)9-19-13/h5-9,18H,3-4H2,1-2H3,(H,16,17). The highest BCUT2D eigenvalue weighted by Gasteiger charge is 2.13. The van der Waals surface area contributed by atoms with Crippen LogP contribution >= 0.6 is 24.0 Å². The number of thiophene rings is 1. The molecule has 0 bridgehead atoms. The fraction of sp³-hybridized carbons (Fsp3) is 0.267. The first-order chi connectivity index (χ1) is 9.15. The van der Waals surface area contributed by atoms with E-state index in [-0.39, 0.29) is 5.91 Å². The third kappa shape index (κ3) is 3.19. The fourth-order valence-electron chi connectivity index (χ4n) is 2.02. The molecular weight excluding hydrogens is 274 g/mol. The molecule has 1 heterocycles. The van der Waals surface area contributed by atoms with Gasteiger partial charge in [-0.1, -0.05) is 32.0 Å². The van der Waals surface area contributed by atoms with Crippen molar-refractivity contribution < 1.29 is 4.79 Å². The first kappa shape index (κ1) is 14.2. The molecule has 100 valence electrons. The van der Waals surface area contributed by atoms with Gasteiger partial charge in [-0.3, -0.25) is 4.79 Å². The van der Waals surface area contributed by atoms with E-state index in [2.05, 4.69) is 43.9 Å². The Bertz CT molecular complexity index is 567. The maximum absolute atomic E-state index is 12.2. The van der Waals surface area contributed by atoms with Crippen LogP contribution in [0.2, 0.25) is 0 Å². The number of amides is 1. The number of hydrogen-bond acceptors (Lipinski definition) is 3. The van der Waals surface area contributed by atoms with Gasteiger partial charge in [-0.25, -0.2) is 0 Å². The van der Waals surface area contributed by atoms with Crippen LogP contribution in [-0.4, -0.2) is 5.91 Å². The molecule has 0 spiro atoms. The number of hydrogen-bond donors (Lipinski definition) is 2. The lowest BCUT2D eigenvalue weighted by atomic mass is 10.0. The minimum Gasteiger partial charge on any atom is -0.321 e. The first-order valence-electron chi connectivity index (χ1n) is 6.35. The van der Waals surface area contributed by atoms with E-state index in [4.69, 9.17) is 0 Å². The van der Waals surface area contributed by atoms with Crippen molar-refractivity contribution in [3.63, 3.8) is 0 Å². The lowest BCUT2D eigenvalue weighted by Crippen LogP contribution is -2.13. The van der Waals surface area contributed by atoms with Gasteiger partial charge < -0.3 is 5.32 Å². The Morgan fingerprint density at radius 2 is 1.89 bits per heavy atom. The summed E-state index contributed by atoms with van der Waals surface area (Å²) in [6.07, 6.45) is 1.82. The Balaban J connectivity index is 2.30. The summed E-state index contributed by atoms with van der Waals surface area (Å²) in [4.78, 5) is 13.7. The van der Waals surface area contributed by atoms with Gasteiger partial charge in [0.05, 0.1) is 4.88 Å². The average Bonchev–Trinajstić information content (AvgIpc) is 2.85. The van der Waals surface area contributed by atoms with E-state index in [1.54, 1.807) is 6.07 Å². The zero-order chi connectivity index (χ0) is 13.8. The molecule has 0 atom stereocenters. The SMILES string of the molecule is CCc1cccc(CC)c1NC(=O)c1cc(S)cs1. The lowest BCUT2D eigenvalue weighted by Gasteiger charge is -2.13. The van der Waals surface area contributed by atoms with E-state index in [0.29, 0.717) is 4.88 Å². The highest BCUT2D eigenvalue weighted by molar-refractivity contribution is 7.80. The van der Waals surface area contributed by atoms with E-state index in [0.717, 1.165) is 23.4 Å². The molecule has 0 saturated heterocycles. The van der Waals surface area contributed by atoms with Crippen LogP contribution in [0.1, 0.15) is 34.6 Å². The van der Waals surface area contributed by atoms with Crippen molar-refractivity contribution >= 4 is 35.6 Å². The highest BCUT2D eigenvalue weighted by Crippen LogP contribution is 2.25. The molecule has 2 rings (SSSR count). The summed E-state index contributed by atoms with van der Waals surface area (Å²) in [5.41, 5.74) is 3.32. The Hall–Kier alpha value is -1.26. The zero-order valence-corrected chi connectivity index (χ0v) is 12.8. The lowest BCUT2D eigenvalue weighted by molar-refractivity contribution is 0.103. The second kappa shape index (κ2) is 6.26. The first-order valence-corrected chi connectivity index (χ1v) is 7.68. The van der Waals surface area contributed by atoms with E-state index < -0.39 is 0 Å². The van der Waals surface area contributed by atoms with Gasteiger partial charge in [0.15, 0.2) is 0 Å². The molecule has 1 N–H and O–H groups in total. The molecular formula is C15H17NOS2. The van der Waals surface area contributed by atoms with Crippen molar-refractivity contribution in [2.45, 2.75) is 31.6 Å². The number of anilines is 1. The average molecular weight is 291 g/mol. The van der Waals surface area contributed by atoms with Crippen LogP contribution in [0.4, 0.5) is 5.69 Å². The maximum atomic E-state index is 12.2. The van der Waals surface area contributed by atoms with E-state index in [9.17, 15) is 4.79 Å². The van der Waals surface area contributed by atoms with E-state index in [1.807, 2.05) is 11.4 Å². The van der Waals surface area contributed by atoms with Crippen LogP contribution in [0.3, 0.4) is 0 Å². The van der Waals surface area contributed by atoms with Gasteiger partial charge in [0, 0.05) is 16.0 Å². The summed E-state index contributed by atoms with van der Waals surface area (Å²) < 4.78 is 0. The monoisotopic (exact) mass is 291 g/mol. The number of aryl methyl sites for hydroxylation is 2. The van der Waals surface area contributed by atoms with Crippen molar-refractivity contribution in [2.75, 3.05) is 5.32 Å². The quantitative estimate of drug-likeness (QED) is 0.803. The molecule has 2 nitrogen and oxygen atoms in total. The molecule has 0 radical (unpaired) electrons. The van der Waals surface area contributed by atoms with Crippen molar-refractivity contribution in [2.24, 2.45) is 0 Å². The third-order valence-corrected chi connectivity index (χ3v) is 4.41. The smallest absolute Gasteiger partial charge is 0.265 e. The van der Waals surface area contributed by atoms with Crippen molar-refractivity contribution in [1.82, 2.24) is 0 Å². The van der Waals surface area contributed by atoms with Crippen LogP contribution in [-0.2, 0) is 12.8 Å². The van der Waals surface area contributed by atoms with Gasteiger partial charge in [-0.2, -0.15) is 0 Å². The second-order valence-electron chi connectivity index (χ2n) is 4.28. The Labute approximate surface area is 123 Å². The minimum absolute atomic E-state index is 0.0547. The predicted molar refractivity (Wildman–Crippen MR) is 84.7 cm³/mol. The van der Waals surface area contributed by atoms with Gasteiger partial charge in [0.1, 0.15) is 0 Å².